The Bertz CT molecular complexity index is 673. The Hall–Kier alpha value is -1.88. The second-order valence-corrected chi connectivity index (χ2v) is 7.76. The van der Waals surface area contributed by atoms with Gasteiger partial charge in [0.1, 0.15) is 0 Å². The Morgan fingerprint density at radius 3 is 2.85 bits per heavy atom. The largest absolute Gasteiger partial charge is 0.481 e. The van der Waals surface area contributed by atoms with E-state index in [4.69, 9.17) is 0 Å². The minimum atomic E-state index is -0.668. The molecule has 0 spiro atoms. The molecule has 2 atom stereocenters. The van der Waals surface area contributed by atoms with Gasteiger partial charge in [-0.1, -0.05) is 19.1 Å². The molecule has 142 valence electrons. The van der Waals surface area contributed by atoms with Gasteiger partial charge in [-0.25, -0.2) is 0 Å². The number of likely N-dealkylation sites (tertiary alicyclic amines) is 1. The van der Waals surface area contributed by atoms with E-state index in [-0.39, 0.29) is 17.9 Å². The van der Waals surface area contributed by atoms with Crippen LogP contribution in [0.3, 0.4) is 0 Å². The lowest BCUT2D eigenvalue weighted by Crippen LogP contribution is -2.39. The molecule has 1 aromatic rings. The van der Waals surface area contributed by atoms with Crippen LogP contribution in [0.15, 0.2) is 18.2 Å². The summed E-state index contributed by atoms with van der Waals surface area (Å²) in [7, 11) is 0. The van der Waals surface area contributed by atoms with E-state index < -0.39 is 5.97 Å². The van der Waals surface area contributed by atoms with Crippen molar-refractivity contribution in [1.29, 1.82) is 0 Å². The molecule has 26 heavy (non-hydrogen) atoms. The molecule has 2 aliphatic rings. The molecule has 1 saturated heterocycles. The Morgan fingerprint density at radius 1 is 1.31 bits per heavy atom. The normalized spacial score (nSPS) is 23.1. The molecular weight excluding hydrogens is 328 g/mol. The van der Waals surface area contributed by atoms with Gasteiger partial charge in [-0.05, 0) is 62.8 Å². The monoisotopic (exact) mass is 358 g/mol. The molecule has 1 amide bonds. The first-order valence-corrected chi connectivity index (χ1v) is 9.88. The molecular formula is C21H30N2O3. The fourth-order valence-electron chi connectivity index (χ4n) is 4.30. The van der Waals surface area contributed by atoms with Gasteiger partial charge in [0, 0.05) is 31.2 Å². The minimum Gasteiger partial charge on any atom is -0.481 e. The molecule has 2 aliphatic heterocycles. The fourth-order valence-corrected chi connectivity index (χ4v) is 4.30. The molecule has 1 fully saturated rings. The lowest BCUT2D eigenvalue weighted by molar-refractivity contribution is -0.143. The number of aliphatic carboxylic acids is 1. The van der Waals surface area contributed by atoms with Gasteiger partial charge in [-0.2, -0.15) is 0 Å². The number of carbonyl (C=O) groups is 2. The van der Waals surface area contributed by atoms with Gasteiger partial charge in [0.25, 0.3) is 0 Å². The lowest BCUT2D eigenvalue weighted by Gasteiger charge is -2.30. The van der Waals surface area contributed by atoms with Crippen molar-refractivity contribution in [2.45, 2.75) is 58.4 Å². The van der Waals surface area contributed by atoms with Crippen LogP contribution >= 0.6 is 0 Å². The van der Waals surface area contributed by atoms with Crippen molar-refractivity contribution in [2.24, 2.45) is 5.92 Å². The number of benzene rings is 1. The van der Waals surface area contributed by atoms with Crippen molar-refractivity contribution in [3.05, 3.63) is 29.3 Å². The maximum absolute atomic E-state index is 12.4. The zero-order valence-corrected chi connectivity index (χ0v) is 15.9. The third-order valence-corrected chi connectivity index (χ3v) is 5.66. The first kappa shape index (κ1) is 18.9. The average Bonchev–Trinajstić information content (AvgIpc) is 2.95. The van der Waals surface area contributed by atoms with E-state index in [1.807, 2.05) is 11.8 Å². The molecule has 1 aromatic carbocycles. The summed E-state index contributed by atoms with van der Waals surface area (Å²) < 4.78 is 0. The van der Waals surface area contributed by atoms with Crippen molar-refractivity contribution in [1.82, 2.24) is 4.90 Å². The van der Waals surface area contributed by atoms with E-state index in [1.54, 1.807) is 0 Å². The number of carbonyl (C=O) groups excluding carboxylic acids is 1. The molecule has 2 heterocycles. The summed E-state index contributed by atoms with van der Waals surface area (Å²) in [6, 6.07) is 6.70. The van der Waals surface area contributed by atoms with E-state index in [0.29, 0.717) is 13.0 Å². The molecule has 0 radical (unpaired) electrons. The number of hydrogen-bond donors (Lipinski definition) is 1. The fraction of sp³-hybridized carbons (Fsp3) is 0.619. The summed E-state index contributed by atoms with van der Waals surface area (Å²) in [6.45, 7) is 6.71. The van der Waals surface area contributed by atoms with Crippen LogP contribution in [-0.2, 0) is 22.4 Å². The summed E-state index contributed by atoms with van der Waals surface area (Å²) in [5.41, 5.74) is 3.61. The maximum atomic E-state index is 12.4. The van der Waals surface area contributed by atoms with Gasteiger partial charge < -0.3 is 14.9 Å². The number of anilines is 1. The SMILES string of the molecule is CCCC(=O)N1c2ccc(CCN3CCCC(C(=O)O)C3)cc2CC1C. The van der Waals surface area contributed by atoms with Crippen molar-refractivity contribution in [2.75, 3.05) is 24.5 Å². The Labute approximate surface area is 156 Å². The van der Waals surface area contributed by atoms with Crippen LogP contribution in [0.5, 0.6) is 0 Å². The van der Waals surface area contributed by atoms with E-state index in [0.717, 1.165) is 50.9 Å². The van der Waals surface area contributed by atoms with E-state index in [9.17, 15) is 14.7 Å². The van der Waals surface area contributed by atoms with E-state index in [1.165, 1.54) is 11.1 Å². The smallest absolute Gasteiger partial charge is 0.307 e. The molecule has 0 saturated carbocycles. The summed E-state index contributed by atoms with van der Waals surface area (Å²) in [5, 5.41) is 9.22. The molecule has 5 heteroatoms. The van der Waals surface area contributed by atoms with Crippen LogP contribution < -0.4 is 4.90 Å². The molecule has 0 bridgehead atoms. The first-order chi connectivity index (χ1) is 12.5. The summed E-state index contributed by atoms with van der Waals surface area (Å²) in [6.07, 6.45) is 5.09. The van der Waals surface area contributed by atoms with Crippen LogP contribution in [0.1, 0.15) is 50.7 Å². The zero-order valence-electron chi connectivity index (χ0n) is 15.9. The zero-order chi connectivity index (χ0) is 18.7. The van der Waals surface area contributed by atoms with Gasteiger partial charge in [0.05, 0.1) is 5.92 Å². The third kappa shape index (κ3) is 4.09. The molecule has 3 rings (SSSR count). The van der Waals surface area contributed by atoms with Crippen LogP contribution in [0.25, 0.3) is 0 Å². The van der Waals surface area contributed by atoms with Crippen molar-refractivity contribution < 1.29 is 14.7 Å². The lowest BCUT2D eigenvalue weighted by atomic mass is 9.97. The van der Waals surface area contributed by atoms with Gasteiger partial charge in [-0.15, -0.1) is 0 Å². The highest BCUT2D eigenvalue weighted by Crippen LogP contribution is 2.33. The average molecular weight is 358 g/mol. The number of hydrogen-bond acceptors (Lipinski definition) is 3. The van der Waals surface area contributed by atoms with Crippen LogP contribution in [0.2, 0.25) is 0 Å². The van der Waals surface area contributed by atoms with Crippen LogP contribution in [0, 0.1) is 5.92 Å². The number of rotatable bonds is 6. The van der Waals surface area contributed by atoms with E-state index in [2.05, 4.69) is 30.0 Å². The number of carboxylic acid groups (broad SMARTS) is 1. The van der Waals surface area contributed by atoms with Gasteiger partial charge in [0.2, 0.25) is 5.91 Å². The van der Waals surface area contributed by atoms with Gasteiger partial charge in [-0.3, -0.25) is 9.59 Å². The molecule has 2 unspecified atom stereocenters. The predicted molar refractivity (Wildman–Crippen MR) is 103 cm³/mol. The second kappa shape index (κ2) is 8.21. The topological polar surface area (TPSA) is 60.9 Å². The molecule has 5 nitrogen and oxygen atoms in total. The van der Waals surface area contributed by atoms with Gasteiger partial charge >= 0.3 is 5.97 Å². The minimum absolute atomic E-state index is 0.220. The quantitative estimate of drug-likeness (QED) is 0.849. The molecule has 1 N–H and O–H groups in total. The van der Waals surface area contributed by atoms with Crippen LogP contribution in [-0.4, -0.2) is 47.6 Å². The molecule has 0 aliphatic carbocycles. The number of nitrogens with zero attached hydrogens (tertiary/aromatic N) is 2. The third-order valence-electron chi connectivity index (χ3n) is 5.66. The highest BCUT2D eigenvalue weighted by Gasteiger charge is 2.30. The summed E-state index contributed by atoms with van der Waals surface area (Å²) in [5.74, 6) is -0.666. The maximum Gasteiger partial charge on any atom is 0.307 e. The summed E-state index contributed by atoms with van der Waals surface area (Å²) in [4.78, 5) is 27.8. The van der Waals surface area contributed by atoms with Crippen LogP contribution in [0.4, 0.5) is 5.69 Å². The number of fused-ring (bicyclic) bond motifs is 1. The Kier molecular flexibility index (Phi) is 5.97. The second-order valence-electron chi connectivity index (χ2n) is 7.76. The van der Waals surface area contributed by atoms with Crippen molar-refractivity contribution in [3.8, 4) is 0 Å². The van der Waals surface area contributed by atoms with Crippen molar-refractivity contribution in [3.63, 3.8) is 0 Å². The predicted octanol–water partition coefficient (Wildman–Crippen LogP) is 3.10. The number of carboxylic acids is 1. The molecule has 0 aromatic heterocycles. The Morgan fingerprint density at radius 2 is 2.12 bits per heavy atom. The highest BCUT2D eigenvalue weighted by atomic mass is 16.4. The standard InChI is InChI=1S/C21H30N2O3/c1-3-5-20(24)23-15(2)12-18-13-16(7-8-19(18)23)9-11-22-10-4-6-17(14-22)21(25)26/h7-8,13,15,17H,3-6,9-12,14H2,1-2H3,(H,25,26). The number of piperidine rings is 1. The Balaban J connectivity index is 1.62. The summed E-state index contributed by atoms with van der Waals surface area (Å²) >= 11 is 0. The van der Waals surface area contributed by atoms with Gasteiger partial charge in [0.15, 0.2) is 0 Å². The first-order valence-electron chi connectivity index (χ1n) is 9.88. The van der Waals surface area contributed by atoms with Crippen molar-refractivity contribution >= 4 is 17.6 Å². The highest BCUT2D eigenvalue weighted by molar-refractivity contribution is 5.96. The van der Waals surface area contributed by atoms with E-state index >= 15 is 0 Å². The number of amides is 1.